The van der Waals surface area contributed by atoms with Crippen LogP contribution in [0.15, 0.2) is 34.9 Å². The van der Waals surface area contributed by atoms with Crippen LogP contribution < -0.4 is 20.7 Å². The maximum Gasteiger partial charge on any atom is 0.329 e. The average molecular weight is 361 g/mol. The van der Waals surface area contributed by atoms with E-state index >= 15 is 0 Å². The van der Waals surface area contributed by atoms with Crippen molar-refractivity contribution in [1.29, 1.82) is 5.41 Å². The molecular weight excluding hydrogens is 342 g/mol. The van der Waals surface area contributed by atoms with Crippen LogP contribution in [0, 0.1) is 5.41 Å². The van der Waals surface area contributed by atoms with Gasteiger partial charge in [0.15, 0.2) is 4.80 Å². The van der Waals surface area contributed by atoms with Crippen molar-refractivity contribution in [3.05, 3.63) is 45.7 Å². The van der Waals surface area contributed by atoms with Crippen LogP contribution in [0.25, 0.3) is 0 Å². The van der Waals surface area contributed by atoms with Gasteiger partial charge in [-0.3, -0.25) is 15.0 Å². The summed E-state index contributed by atoms with van der Waals surface area (Å²) in [5.41, 5.74) is 9.13. The number of carbonyl (C=O) groups excluding carboxylic acids is 2. The summed E-state index contributed by atoms with van der Waals surface area (Å²) in [6.45, 7) is 4.61. The van der Waals surface area contributed by atoms with Crippen molar-refractivity contribution in [3.8, 4) is 5.75 Å². The molecule has 0 fully saturated rings. The van der Waals surface area contributed by atoms with Gasteiger partial charge in [0.05, 0.1) is 18.9 Å². The molecule has 0 saturated heterocycles. The van der Waals surface area contributed by atoms with E-state index in [-0.39, 0.29) is 0 Å². The number of rotatable bonds is 6. The number of primary amides is 1. The number of aromatic nitrogens is 1. The molecule has 2 aromatic rings. The Morgan fingerprint density at radius 1 is 1.44 bits per heavy atom. The molecule has 8 nitrogen and oxygen atoms in total. The fourth-order valence-electron chi connectivity index (χ4n) is 2.09. The Balaban J connectivity index is 2.31. The highest BCUT2D eigenvalue weighted by molar-refractivity contribution is 7.06. The second kappa shape index (κ2) is 8.25. The normalized spacial score (nSPS) is 11.2. The third kappa shape index (κ3) is 4.77. The number of hydrazone groups is 1. The molecule has 0 spiro atoms. The molecule has 0 saturated carbocycles. The molecule has 0 aliphatic carbocycles. The van der Waals surface area contributed by atoms with E-state index in [1.54, 1.807) is 11.5 Å². The predicted octanol–water partition coefficient (Wildman–Crippen LogP) is 0.802. The van der Waals surface area contributed by atoms with E-state index in [0.717, 1.165) is 16.9 Å². The maximum absolute atomic E-state index is 11.2. The van der Waals surface area contributed by atoms with E-state index in [1.165, 1.54) is 11.3 Å². The van der Waals surface area contributed by atoms with Crippen LogP contribution in [0.1, 0.15) is 25.0 Å². The van der Waals surface area contributed by atoms with E-state index in [1.807, 2.05) is 36.7 Å². The number of hydrogen-bond donors (Lipinski definition) is 3. The predicted molar refractivity (Wildman–Crippen MR) is 94.4 cm³/mol. The molecule has 1 heterocycles. The molecule has 0 bridgehead atoms. The van der Waals surface area contributed by atoms with Gasteiger partial charge in [0, 0.05) is 17.1 Å². The van der Waals surface area contributed by atoms with Crippen molar-refractivity contribution in [2.24, 2.45) is 10.8 Å². The lowest BCUT2D eigenvalue weighted by Gasteiger charge is -2.13. The van der Waals surface area contributed by atoms with Gasteiger partial charge in [-0.25, -0.2) is 5.43 Å². The Hall–Kier alpha value is -2.94. The van der Waals surface area contributed by atoms with E-state index in [2.05, 4.69) is 10.5 Å². The summed E-state index contributed by atoms with van der Waals surface area (Å²) in [5, 5.41) is 13.6. The largest absolute Gasteiger partial charge is 0.494 e. The van der Waals surface area contributed by atoms with Crippen molar-refractivity contribution >= 4 is 28.9 Å². The molecule has 0 unspecified atom stereocenters. The number of amides is 2. The zero-order valence-electron chi connectivity index (χ0n) is 13.9. The molecule has 0 radical (unpaired) electrons. The molecule has 0 aliphatic heterocycles. The Bertz CT molecular complexity index is 869. The summed E-state index contributed by atoms with van der Waals surface area (Å²) in [4.78, 5) is 22.4. The number of carbonyl (C=O) groups is 2. The molecule has 1 aromatic carbocycles. The molecule has 25 heavy (non-hydrogen) atoms. The van der Waals surface area contributed by atoms with Crippen LogP contribution in [0.5, 0.6) is 5.75 Å². The van der Waals surface area contributed by atoms with Gasteiger partial charge in [0.1, 0.15) is 5.75 Å². The fourth-order valence-corrected chi connectivity index (χ4v) is 2.69. The fraction of sp³-hybridized carbons (Fsp3) is 0.250. The number of thiazole rings is 1. The first-order valence-electron chi connectivity index (χ1n) is 7.51. The first kappa shape index (κ1) is 18.4. The monoisotopic (exact) mass is 361 g/mol. The van der Waals surface area contributed by atoms with Crippen LogP contribution in [0.4, 0.5) is 0 Å². The van der Waals surface area contributed by atoms with Crippen molar-refractivity contribution in [1.82, 2.24) is 9.99 Å². The first-order chi connectivity index (χ1) is 11.9. The molecule has 0 aliphatic rings. The topological polar surface area (TPSA) is 123 Å². The van der Waals surface area contributed by atoms with Crippen LogP contribution in [0.2, 0.25) is 0 Å². The third-order valence-corrected chi connectivity index (χ3v) is 4.06. The van der Waals surface area contributed by atoms with Crippen molar-refractivity contribution in [2.45, 2.75) is 20.4 Å². The highest BCUT2D eigenvalue weighted by Crippen LogP contribution is 2.22. The van der Waals surface area contributed by atoms with Crippen molar-refractivity contribution in [2.75, 3.05) is 6.61 Å². The smallest absolute Gasteiger partial charge is 0.329 e. The minimum absolute atomic E-state index is 0.437. The number of nitrogens with zero attached hydrogens (tertiary/aromatic N) is 2. The lowest BCUT2D eigenvalue weighted by Crippen LogP contribution is -2.33. The van der Waals surface area contributed by atoms with Gasteiger partial charge in [0.25, 0.3) is 0 Å². The Morgan fingerprint density at radius 3 is 2.80 bits per heavy atom. The standard InChI is InChI=1S/C16H19N5O3S/c1-3-24-13-5-4-11(10(2)19-20-15(23)14(17)22)8-12(13)9-21-6-7-25-16(21)18/h4-8,18H,3,9H2,1-2H3,(H2,17,22)(H,20,23)/b18-16?,19-10-. The summed E-state index contributed by atoms with van der Waals surface area (Å²) in [7, 11) is 0. The highest BCUT2D eigenvalue weighted by Gasteiger charge is 2.10. The van der Waals surface area contributed by atoms with E-state index < -0.39 is 11.8 Å². The molecule has 2 amide bonds. The van der Waals surface area contributed by atoms with Gasteiger partial charge in [-0.2, -0.15) is 5.10 Å². The van der Waals surface area contributed by atoms with Gasteiger partial charge >= 0.3 is 11.8 Å². The summed E-state index contributed by atoms with van der Waals surface area (Å²) in [6, 6.07) is 5.51. The van der Waals surface area contributed by atoms with E-state index in [9.17, 15) is 9.59 Å². The molecule has 0 atom stereocenters. The number of ether oxygens (including phenoxy) is 1. The second-order valence-corrected chi connectivity index (χ2v) is 5.99. The van der Waals surface area contributed by atoms with Gasteiger partial charge in [0.2, 0.25) is 0 Å². The minimum atomic E-state index is -1.10. The van der Waals surface area contributed by atoms with Crippen LogP contribution in [-0.4, -0.2) is 28.7 Å². The van der Waals surface area contributed by atoms with Gasteiger partial charge in [-0.15, -0.1) is 11.3 Å². The minimum Gasteiger partial charge on any atom is -0.494 e. The number of hydrogen-bond acceptors (Lipinski definition) is 6. The summed E-state index contributed by atoms with van der Waals surface area (Å²) in [5.74, 6) is -1.35. The number of nitrogens with two attached hydrogens (primary N) is 1. The molecular formula is C16H19N5O3S. The molecule has 1 aromatic heterocycles. The summed E-state index contributed by atoms with van der Waals surface area (Å²) >= 11 is 1.34. The number of benzene rings is 1. The Labute approximate surface area is 148 Å². The van der Waals surface area contributed by atoms with E-state index in [0.29, 0.717) is 23.7 Å². The van der Waals surface area contributed by atoms with Gasteiger partial charge in [-0.05, 0) is 37.6 Å². The van der Waals surface area contributed by atoms with Crippen molar-refractivity contribution < 1.29 is 14.3 Å². The van der Waals surface area contributed by atoms with Crippen LogP contribution in [0.3, 0.4) is 0 Å². The highest BCUT2D eigenvalue weighted by atomic mass is 32.1. The molecule has 2 rings (SSSR count). The summed E-state index contributed by atoms with van der Waals surface area (Å²) in [6.07, 6.45) is 1.84. The molecule has 132 valence electrons. The second-order valence-electron chi connectivity index (χ2n) is 5.09. The van der Waals surface area contributed by atoms with Crippen LogP contribution >= 0.6 is 11.3 Å². The van der Waals surface area contributed by atoms with Gasteiger partial charge in [-0.1, -0.05) is 0 Å². The van der Waals surface area contributed by atoms with Crippen LogP contribution in [-0.2, 0) is 16.1 Å². The van der Waals surface area contributed by atoms with Gasteiger partial charge < -0.3 is 15.0 Å². The molecule has 9 heteroatoms. The SMILES string of the molecule is CCOc1ccc(/C(C)=N\NC(=O)C(N)=O)cc1Cn1ccsc1=N. The Kier molecular flexibility index (Phi) is 6.07. The lowest BCUT2D eigenvalue weighted by molar-refractivity contribution is -0.137. The molecule has 4 N–H and O–H groups in total. The lowest BCUT2D eigenvalue weighted by atomic mass is 10.1. The first-order valence-corrected chi connectivity index (χ1v) is 8.39. The number of nitrogens with one attached hydrogen (secondary N) is 2. The summed E-state index contributed by atoms with van der Waals surface area (Å²) < 4.78 is 7.45. The van der Waals surface area contributed by atoms with Crippen molar-refractivity contribution in [3.63, 3.8) is 0 Å². The third-order valence-electron chi connectivity index (χ3n) is 3.35. The van der Waals surface area contributed by atoms with E-state index in [4.69, 9.17) is 15.9 Å². The zero-order valence-corrected chi connectivity index (χ0v) is 14.7. The zero-order chi connectivity index (χ0) is 18.4. The maximum atomic E-state index is 11.2. The Morgan fingerprint density at radius 2 is 2.20 bits per heavy atom. The quantitative estimate of drug-likeness (QED) is 0.401. The average Bonchev–Trinajstić information content (AvgIpc) is 2.98.